The van der Waals surface area contributed by atoms with Crippen LogP contribution in [-0.2, 0) is 10.0 Å². The van der Waals surface area contributed by atoms with Gasteiger partial charge in [-0.05, 0) is 30.3 Å². The summed E-state index contributed by atoms with van der Waals surface area (Å²) < 4.78 is 38.0. The Balaban J connectivity index is 2.28. The number of anilines is 3. The van der Waals surface area contributed by atoms with Crippen LogP contribution in [0.3, 0.4) is 0 Å². The lowest BCUT2D eigenvalue weighted by Gasteiger charge is -2.10. The summed E-state index contributed by atoms with van der Waals surface area (Å²) in [6.07, 6.45) is 0.852. The molecule has 1 amide bonds. The van der Waals surface area contributed by atoms with Gasteiger partial charge in [0.25, 0.3) is 11.6 Å². The van der Waals surface area contributed by atoms with Crippen LogP contribution in [-0.4, -0.2) is 25.5 Å². The third kappa shape index (κ3) is 4.64. The summed E-state index contributed by atoms with van der Waals surface area (Å²) in [4.78, 5) is 22.3. The Morgan fingerprint density at radius 1 is 1.24 bits per heavy atom. The van der Waals surface area contributed by atoms with Gasteiger partial charge in [0.05, 0.1) is 16.9 Å². The number of nitrogens with zero attached hydrogens (tertiary/aromatic N) is 1. The van der Waals surface area contributed by atoms with Gasteiger partial charge in [-0.15, -0.1) is 0 Å². The summed E-state index contributed by atoms with van der Waals surface area (Å²) in [6, 6.07) is 6.77. The molecule has 132 valence electrons. The van der Waals surface area contributed by atoms with E-state index in [0.29, 0.717) is 0 Å². The molecule has 0 fully saturated rings. The van der Waals surface area contributed by atoms with Gasteiger partial charge >= 0.3 is 0 Å². The van der Waals surface area contributed by atoms with Crippen molar-refractivity contribution in [2.75, 3.05) is 22.0 Å². The molecule has 0 aliphatic carbocycles. The Bertz CT molecular complexity index is 962. The van der Waals surface area contributed by atoms with E-state index in [-0.39, 0.29) is 22.6 Å². The zero-order valence-corrected chi connectivity index (χ0v) is 13.6. The first-order valence-electron chi connectivity index (χ1n) is 6.69. The van der Waals surface area contributed by atoms with Crippen LogP contribution in [0.25, 0.3) is 0 Å². The Morgan fingerprint density at radius 3 is 2.52 bits per heavy atom. The Kier molecular flexibility index (Phi) is 4.88. The standard InChI is InChI=1S/C14H13FN4O5S/c1-25(23,24)18-12-7-9(3-4-10(12)15)17-14(20)8-2-5-11(16)13(6-8)19(21)22/h2-7,18H,16H2,1H3,(H,17,20). The van der Waals surface area contributed by atoms with E-state index < -0.39 is 32.4 Å². The molecule has 11 heteroatoms. The summed E-state index contributed by atoms with van der Waals surface area (Å²) >= 11 is 0. The van der Waals surface area contributed by atoms with E-state index in [2.05, 4.69) is 5.32 Å². The third-order valence-corrected chi connectivity index (χ3v) is 3.60. The molecule has 0 aromatic heterocycles. The van der Waals surface area contributed by atoms with Gasteiger partial charge in [0.15, 0.2) is 0 Å². The molecule has 2 aromatic rings. The number of carbonyl (C=O) groups excluding carboxylic acids is 1. The number of carbonyl (C=O) groups is 1. The minimum Gasteiger partial charge on any atom is -0.393 e. The third-order valence-electron chi connectivity index (χ3n) is 3.01. The quantitative estimate of drug-likeness (QED) is 0.418. The summed E-state index contributed by atoms with van der Waals surface area (Å²) in [5, 5.41) is 13.3. The van der Waals surface area contributed by atoms with Gasteiger partial charge in [0, 0.05) is 17.3 Å². The average molecular weight is 368 g/mol. The molecule has 25 heavy (non-hydrogen) atoms. The molecule has 0 saturated carbocycles. The highest BCUT2D eigenvalue weighted by atomic mass is 32.2. The molecule has 2 aromatic carbocycles. The molecule has 0 heterocycles. The summed E-state index contributed by atoms with van der Waals surface area (Å²) in [5.41, 5.74) is 4.65. The first-order valence-corrected chi connectivity index (χ1v) is 8.58. The zero-order chi connectivity index (χ0) is 18.8. The van der Waals surface area contributed by atoms with Gasteiger partial charge in [0.2, 0.25) is 10.0 Å². The number of halogens is 1. The van der Waals surface area contributed by atoms with Gasteiger partial charge in [-0.1, -0.05) is 0 Å². The Hall–Kier alpha value is -3.21. The number of nitrogens with two attached hydrogens (primary N) is 1. The van der Waals surface area contributed by atoms with Crippen molar-refractivity contribution < 1.29 is 22.5 Å². The molecule has 2 rings (SSSR count). The maximum Gasteiger partial charge on any atom is 0.292 e. The molecule has 0 radical (unpaired) electrons. The first-order chi connectivity index (χ1) is 11.6. The fourth-order valence-corrected chi connectivity index (χ4v) is 2.48. The van der Waals surface area contributed by atoms with Gasteiger partial charge in [0.1, 0.15) is 11.5 Å². The number of hydrogen-bond donors (Lipinski definition) is 3. The number of benzene rings is 2. The van der Waals surface area contributed by atoms with E-state index >= 15 is 0 Å². The number of hydrogen-bond acceptors (Lipinski definition) is 6. The van der Waals surface area contributed by atoms with Crippen LogP contribution in [0.15, 0.2) is 36.4 Å². The van der Waals surface area contributed by atoms with E-state index in [1.807, 2.05) is 4.72 Å². The fraction of sp³-hybridized carbons (Fsp3) is 0.0714. The first kappa shape index (κ1) is 18.1. The van der Waals surface area contributed by atoms with E-state index in [1.165, 1.54) is 18.2 Å². The maximum atomic E-state index is 13.6. The second-order valence-corrected chi connectivity index (χ2v) is 6.80. The minimum atomic E-state index is -3.71. The lowest BCUT2D eigenvalue weighted by atomic mass is 10.1. The molecule has 9 nitrogen and oxygen atoms in total. The van der Waals surface area contributed by atoms with Crippen LogP contribution < -0.4 is 15.8 Å². The highest BCUT2D eigenvalue weighted by Crippen LogP contribution is 2.24. The highest BCUT2D eigenvalue weighted by molar-refractivity contribution is 7.92. The molecule has 0 bridgehead atoms. The zero-order valence-electron chi connectivity index (χ0n) is 12.8. The molecule has 0 unspecified atom stereocenters. The molecular weight excluding hydrogens is 355 g/mol. The summed E-state index contributed by atoms with van der Waals surface area (Å²) in [5.74, 6) is -1.54. The highest BCUT2D eigenvalue weighted by Gasteiger charge is 2.16. The van der Waals surface area contributed by atoms with Gasteiger partial charge in [-0.3, -0.25) is 19.6 Å². The maximum absolute atomic E-state index is 13.6. The number of amides is 1. The monoisotopic (exact) mass is 368 g/mol. The SMILES string of the molecule is CS(=O)(=O)Nc1cc(NC(=O)c2ccc(N)c([N+](=O)[O-])c2)ccc1F. The average Bonchev–Trinajstić information content (AvgIpc) is 2.49. The van der Waals surface area contributed by atoms with Crippen molar-refractivity contribution in [3.63, 3.8) is 0 Å². The second-order valence-electron chi connectivity index (χ2n) is 5.05. The number of nitrogens with one attached hydrogen (secondary N) is 2. The van der Waals surface area contributed by atoms with Crippen molar-refractivity contribution in [1.29, 1.82) is 0 Å². The molecule has 0 saturated heterocycles. The van der Waals surface area contributed by atoms with Gasteiger partial charge in [-0.25, -0.2) is 12.8 Å². The van der Waals surface area contributed by atoms with Crippen molar-refractivity contribution in [3.05, 3.63) is 57.9 Å². The summed E-state index contributed by atoms with van der Waals surface area (Å²) in [6.45, 7) is 0. The molecule has 0 aliphatic rings. The number of nitro groups is 1. The lowest BCUT2D eigenvalue weighted by Crippen LogP contribution is -2.14. The van der Waals surface area contributed by atoms with Crippen molar-refractivity contribution in [1.82, 2.24) is 0 Å². The molecule has 4 N–H and O–H groups in total. The normalized spacial score (nSPS) is 11.0. The van der Waals surface area contributed by atoms with Gasteiger partial charge < -0.3 is 11.1 Å². The molecular formula is C14H13FN4O5S. The summed E-state index contributed by atoms with van der Waals surface area (Å²) in [7, 11) is -3.71. The fourth-order valence-electron chi connectivity index (χ4n) is 1.93. The molecule has 0 spiro atoms. The number of nitrogen functional groups attached to an aromatic ring is 1. The van der Waals surface area contributed by atoms with E-state index in [0.717, 1.165) is 24.5 Å². The van der Waals surface area contributed by atoms with Crippen molar-refractivity contribution in [2.45, 2.75) is 0 Å². The van der Waals surface area contributed by atoms with Crippen LogP contribution in [0.1, 0.15) is 10.4 Å². The van der Waals surface area contributed by atoms with Gasteiger partial charge in [-0.2, -0.15) is 0 Å². The van der Waals surface area contributed by atoms with E-state index in [9.17, 15) is 27.7 Å². The number of sulfonamides is 1. The van der Waals surface area contributed by atoms with Crippen LogP contribution in [0.2, 0.25) is 0 Å². The minimum absolute atomic E-state index is 0.0390. The van der Waals surface area contributed by atoms with Crippen LogP contribution in [0.4, 0.5) is 27.1 Å². The Morgan fingerprint density at radius 2 is 1.92 bits per heavy atom. The number of rotatable bonds is 5. The Labute approximate surface area is 141 Å². The van der Waals surface area contributed by atoms with Crippen molar-refractivity contribution in [2.24, 2.45) is 0 Å². The molecule has 0 atom stereocenters. The lowest BCUT2D eigenvalue weighted by molar-refractivity contribution is -0.383. The van der Waals surface area contributed by atoms with Crippen LogP contribution in [0.5, 0.6) is 0 Å². The topological polar surface area (TPSA) is 144 Å². The van der Waals surface area contributed by atoms with E-state index in [1.54, 1.807) is 0 Å². The second kappa shape index (κ2) is 6.73. The molecule has 0 aliphatic heterocycles. The van der Waals surface area contributed by atoms with Crippen LogP contribution >= 0.6 is 0 Å². The predicted molar refractivity (Wildman–Crippen MR) is 90.3 cm³/mol. The van der Waals surface area contributed by atoms with Crippen molar-refractivity contribution in [3.8, 4) is 0 Å². The number of nitro benzene ring substituents is 1. The predicted octanol–water partition coefficient (Wildman–Crippen LogP) is 1.94. The van der Waals surface area contributed by atoms with Crippen molar-refractivity contribution >= 4 is 38.7 Å². The largest absolute Gasteiger partial charge is 0.393 e. The smallest absolute Gasteiger partial charge is 0.292 e. The van der Waals surface area contributed by atoms with Crippen LogP contribution in [0, 0.1) is 15.9 Å². The van der Waals surface area contributed by atoms with E-state index in [4.69, 9.17) is 5.73 Å².